The summed E-state index contributed by atoms with van der Waals surface area (Å²) in [4.78, 5) is 12.9. The standard InChI is InChI=1S/C14H17F3N2O/c1-10-5-4-6-11(9-10)18-13(20)19-8-3-2-7-12(19)14(15,16)17/h4-6,9,12H,2-3,7-8H2,1H3,(H,18,20). The van der Waals surface area contributed by atoms with Crippen molar-refractivity contribution in [2.45, 2.75) is 38.4 Å². The van der Waals surface area contributed by atoms with Gasteiger partial charge in [-0.05, 0) is 43.9 Å². The summed E-state index contributed by atoms with van der Waals surface area (Å²) in [5.74, 6) is 0. The van der Waals surface area contributed by atoms with E-state index in [0.717, 1.165) is 10.5 Å². The summed E-state index contributed by atoms with van der Waals surface area (Å²) < 4.78 is 38.8. The highest BCUT2D eigenvalue weighted by Gasteiger charge is 2.46. The van der Waals surface area contributed by atoms with Crippen molar-refractivity contribution >= 4 is 11.7 Å². The molecule has 1 unspecified atom stereocenters. The van der Waals surface area contributed by atoms with Gasteiger partial charge in [0.25, 0.3) is 0 Å². The van der Waals surface area contributed by atoms with Crippen LogP contribution in [0.4, 0.5) is 23.7 Å². The predicted octanol–water partition coefficient (Wildman–Crippen LogP) is 3.94. The first-order chi connectivity index (χ1) is 9.38. The zero-order valence-corrected chi connectivity index (χ0v) is 11.2. The van der Waals surface area contributed by atoms with Crippen LogP contribution in [0.3, 0.4) is 0 Å². The molecule has 1 heterocycles. The number of carbonyl (C=O) groups excluding carboxylic acids is 1. The molecular formula is C14H17F3N2O. The molecule has 1 aliphatic rings. The van der Waals surface area contributed by atoms with Crippen molar-refractivity contribution in [3.8, 4) is 0 Å². The van der Waals surface area contributed by atoms with E-state index < -0.39 is 18.2 Å². The number of alkyl halides is 3. The van der Waals surface area contributed by atoms with Crippen molar-refractivity contribution in [3.05, 3.63) is 29.8 Å². The number of urea groups is 1. The molecule has 1 aliphatic heterocycles. The zero-order chi connectivity index (χ0) is 14.8. The molecule has 0 aliphatic carbocycles. The molecular weight excluding hydrogens is 269 g/mol. The first-order valence-corrected chi connectivity index (χ1v) is 6.59. The molecule has 2 rings (SSSR count). The molecule has 0 radical (unpaired) electrons. The maximum Gasteiger partial charge on any atom is 0.408 e. The van der Waals surface area contributed by atoms with E-state index in [1.54, 1.807) is 18.2 Å². The average molecular weight is 286 g/mol. The summed E-state index contributed by atoms with van der Waals surface area (Å²) in [6.07, 6.45) is -3.29. The molecule has 110 valence electrons. The van der Waals surface area contributed by atoms with Gasteiger partial charge in [-0.15, -0.1) is 0 Å². The number of piperidine rings is 1. The van der Waals surface area contributed by atoms with Crippen LogP contribution in [0, 0.1) is 6.92 Å². The van der Waals surface area contributed by atoms with Crippen molar-refractivity contribution < 1.29 is 18.0 Å². The van der Waals surface area contributed by atoms with Crippen LogP contribution in [0.25, 0.3) is 0 Å². The summed E-state index contributed by atoms with van der Waals surface area (Å²) in [5.41, 5.74) is 1.45. The number of halogens is 3. The first kappa shape index (κ1) is 14.7. The van der Waals surface area contributed by atoms with Crippen molar-refractivity contribution in [1.82, 2.24) is 4.90 Å². The SMILES string of the molecule is Cc1cccc(NC(=O)N2CCCCC2C(F)(F)F)c1. The fraction of sp³-hybridized carbons (Fsp3) is 0.500. The van der Waals surface area contributed by atoms with Crippen LogP contribution in [-0.2, 0) is 0 Å². The zero-order valence-electron chi connectivity index (χ0n) is 11.2. The maximum atomic E-state index is 12.9. The largest absolute Gasteiger partial charge is 0.408 e. The maximum absolute atomic E-state index is 12.9. The van der Waals surface area contributed by atoms with E-state index in [1.807, 2.05) is 13.0 Å². The number of carbonyl (C=O) groups is 1. The average Bonchev–Trinajstić information content (AvgIpc) is 2.37. The molecule has 20 heavy (non-hydrogen) atoms. The molecule has 0 saturated carbocycles. The minimum absolute atomic E-state index is 0.0231. The number of anilines is 1. The van der Waals surface area contributed by atoms with Crippen molar-refractivity contribution in [2.24, 2.45) is 0 Å². The molecule has 1 N–H and O–H groups in total. The van der Waals surface area contributed by atoms with E-state index in [4.69, 9.17) is 0 Å². The summed E-state index contributed by atoms with van der Waals surface area (Å²) in [6, 6.07) is 4.64. The monoisotopic (exact) mass is 286 g/mol. The minimum atomic E-state index is -4.37. The smallest absolute Gasteiger partial charge is 0.312 e. The number of nitrogens with one attached hydrogen (secondary N) is 1. The fourth-order valence-electron chi connectivity index (χ4n) is 2.43. The summed E-state index contributed by atoms with van der Waals surface area (Å²) >= 11 is 0. The number of amides is 2. The first-order valence-electron chi connectivity index (χ1n) is 6.59. The lowest BCUT2D eigenvalue weighted by Crippen LogP contribution is -2.52. The summed E-state index contributed by atoms with van der Waals surface area (Å²) in [5, 5.41) is 2.54. The third-order valence-corrected chi connectivity index (χ3v) is 3.41. The van der Waals surface area contributed by atoms with Gasteiger partial charge >= 0.3 is 12.2 Å². The second kappa shape index (κ2) is 5.73. The minimum Gasteiger partial charge on any atom is -0.312 e. The summed E-state index contributed by atoms with van der Waals surface area (Å²) in [6.45, 7) is 2.00. The molecule has 1 aromatic carbocycles. The fourth-order valence-corrected chi connectivity index (χ4v) is 2.43. The predicted molar refractivity (Wildman–Crippen MR) is 70.6 cm³/mol. The second-order valence-electron chi connectivity index (χ2n) is 5.05. The van der Waals surface area contributed by atoms with Crippen LogP contribution in [0.5, 0.6) is 0 Å². The Kier molecular flexibility index (Phi) is 4.20. The van der Waals surface area contributed by atoms with Gasteiger partial charge in [0.2, 0.25) is 0 Å². The number of hydrogen-bond donors (Lipinski definition) is 1. The van der Waals surface area contributed by atoms with Crippen LogP contribution in [-0.4, -0.2) is 29.7 Å². The Hall–Kier alpha value is -1.72. The lowest BCUT2D eigenvalue weighted by molar-refractivity contribution is -0.181. The Balaban J connectivity index is 2.10. The van der Waals surface area contributed by atoms with E-state index in [-0.39, 0.29) is 13.0 Å². The van der Waals surface area contributed by atoms with Gasteiger partial charge in [0.15, 0.2) is 0 Å². The molecule has 1 saturated heterocycles. The van der Waals surface area contributed by atoms with Crippen LogP contribution in [0.2, 0.25) is 0 Å². The van der Waals surface area contributed by atoms with Gasteiger partial charge in [0.05, 0.1) is 0 Å². The van der Waals surface area contributed by atoms with Crippen LogP contribution in [0.15, 0.2) is 24.3 Å². The topological polar surface area (TPSA) is 32.3 Å². The highest BCUT2D eigenvalue weighted by molar-refractivity contribution is 5.89. The van der Waals surface area contributed by atoms with Crippen LogP contribution < -0.4 is 5.32 Å². The van der Waals surface area contributed by atoms with Gasteiger partial charge in [-0.1, -0.05) is 12.1 Å². The molecule has 1 aromatic rings. The van der Waals surface area contributed by atoms with E-state index in [9.17, 15) is 18.0 Å². The molecule has 0 spiro atoms. The van der Waals surface area contributed by atoms with Crippen LogP contribution >= 0.6 is 0 Å². The normalized spacial score (nSPS) is 19.8. The Morgan fingerprint density at radius 2 is 2.10 bits per heavy atom. The van der Waals surface area contributed by atoms with E-state index >= 15 is 0 Å². The van der Waals surface area contributed by atoms with Crippen molar-refractivity contribution in [2.75, 3.05) is 11.9 Å². The van der Waals surface area contributed by atoms with Gasteiger partial charge in [-0.25, -0.2) is 4.79 Å². The van der Waals surface area contributed by atoms with Gasteiger partial charge in [-0.2, -0.15) is 13.2 Å². The Bertz CT molecular complexity index is 488. The van der Waals surface area contributed by atoms with Gasteiger partial charge < -0.3 is 10.2 Å². The molecule has 6 heteroatoms. The highest BCUT2D eigenvalue weighted by Crippen LogP contribution is 2.32. The van der Waals surface area contributed by atoms with Crippen molar-refractivity contribution in [3.63, 3.8) is 0 Å². The van der Waals surface area contributed by atoms with E-state index in [2.05, 4.69) is 5.32 Å². The van der Waals surface area contributed by atoms with E-state index in [0.29, 0.717) is 18.5 Å². The Morgan fingerprint density at radius 3 is 2.75 bits per heavy atom. The summed E-state index contributed by atoms with van der Waals surface area (Å²) in [7, 11) is 0. The number of rotatable bonds is 1. The molecule has 0 aromatic heterocycles. The van der Waals surface area contributed by atoms with Crippen LogP contribution in [0.1, 0.15) is 24.8 Å². The van der Waals surface area contributed by atoms with Gasteiger partial charge in [0, 0.05) is 12.2 Å². The quantitative estimate of drug-likeness (QED) is 0.833. The highest BCUT2D eigenvalue weighted by atomic mass is 19.4. The molecule has 3 nitrogen and oxygen atoms in total. The number of aryl methyl sites for hydroxylation is 1. The van der Waals surface area contributed by atoms with Gasteiger partial charge in [0.1, 0.15) is 6.04 Å². The third kappa shape index (κ3) is 3.43. The third-order valence-electron chi connectivity index (χ3n) is 3.41. The Morgan fingerprint density at radius 1 is 1.35 bits per heavy atom. The molecule has 2 amide bonds. The second-order valence-corrected chi connectivity index (χ2v) is 5.05. The molecule has 0 bridgehead atoms. The molecule has 1 fully saturated rings. The Labute approximate surface area is 115 Å². The molecule has 1 atom stereocenters. The number of nitrogens with zero attached hydrogens (tertiary/aromatic N) is 1. The number of hydrogen-bond acceptors (Lipinski definition) is 1. The van der Waals surface area contributed by atoms with E-state index in [1.165, 1.54) is 0 Å². The number of benzene rings is 1. The van der Waals surface area contributed by atoms with Gasteiger partial charge in [-0.3, -0.25) is 0 Å². The van der Waals surface area contributed by atoms with Crippen molar-refractivity contribution in [1.29, 1.82) is 0 Å². The number of likely N-dealkylation sites (tertiary alicyclic amines) is 1. The lowest BCUT2D eigenvalue weighted by Gasteiger charge is -2.36. The lowest BCUT2D eigenvalue weighted by atomic mass is 10.0.